The summed E-state index contributed by atoms with van der Waals surface area (Å²) < 4.78 is 1.70. The highest BCUT2D eigenvalue weighted by Gasteiger charge is 2.30. The maximum Gasteiger partial charge on any atom is 0.255 e. The van der Waals surface area contributed by atoms with Gasteiger partial charge in [0.2, 0.25) is 5.91 Å². The van der Waals surface area contributed by atoms with E-state index in [1.807, 2.05) is 64.1 Å². The number of aromatic nitrogens is 3. The lowest BCUT2D eigenvalue weighted by atomic mass is 10.0. The SMILES string of the molecule is Cc1nc2cc(-c3ccccc3)nn2c(C)c1C(=O)NCC(C)(C)NCC(=O)N1CCC[C@H]1C#N. The smallest absolute Gasteiger partial charge is 0.255 e. The first kappa shape index (κ1) is 24.4. The first-order valence-electron chi connectivity index (χ1n) is 11.8. The first-order valence-corrected chi connectivity index (χ1v) is 11.8. The molecule has 0 radical (unpaired) electrons. The van der Waals surface area contributed by atoms with Crippen LogP contribution in [0.1, 0.15) is 48.4 Å². The van der Waals surface area contributed by atoms with Gasteiger partial charge in [0.1, 0.15) is 6.04 Å². The number of hydrogen-bond acceptors (Lipinski definition) is 6. The van der Waals surface area contributed by atoms with Crippen LogP contribution in [0.5, 0.6) is 0 Å². The molecule has 1 atom stereocenters. The Morgan fingerprint density at radius 3 is 2.69 bits per heavy atom. The topological polar surface area (TPSA) is 115 Å². The van der Waals surface area contributed by atoms with Gasteiger partial charge in [0, 0.05) is 30.3 Å². The number of fused-ring (bicyclic) bond motifs is 1. The van der Waals surface area contributed by atoms with Crippen LogP contribution in [0.4, 0.5) is 0 Å². The molecule has 1 aromatic carbocycles. The van der Waals surface area contributed by atoms with Crippen molar-refractivity contribution in [1.82, 2.24) is 30.1 Å². The summed E-state index contributed by atoms with van der Waals surface area (Å²) in [4.78, 5) is 31.9. The van der Waals surface area contributed by atoms with E-state index < -0.39 is 5.54 Å². The van der Waals surface area contributed by atoms with Gasteiger partial charge >= 0.3 is 0 Å². The standard InChI is InChI=1S/C26H31N7O2/c1-17-24(18(2)33-22(30-17)13-21(31-33)19-9-6-5-7-10-19)25(35)28-16-26(3,4)29-15-23(34)32-12-8-11-20(32)14-27/h5-7,9-10,13,20,29H,8,11-12,15-16H2,1-4H3,(H,28,35)/t20-/m0/s1. The third kappa shape index (κ3) is 5.17. The summed E-state index contributed by atoms with van der Waals surface area (Å²) >= 11 is 0. The zero-order valence-electron chi connectivity index (χ0n) is 20.6. The van der Waals surface area contributed by atoms with Gasteiger partial charge in [-0.2, -0.15) is 10.4 Å². The van der Waals surface area contributed by atoms with E-state index in [1.165, 1.54) is 0 Å². The molecule has 1 fully saturated rings. The molecule has 2 amide bonds. The summed E-state index contributed by atoms with van der Waals surface area (Å²) in [5, 5.41) is 20.1. The summed E-state index contributed by atoms with van der Waals surface area (Å²) in [6, 6.07) is 13.6. The van der Waals surface area contributed by atoms with Gasteiger partial charge < -0.3 is 15.5 Å². The number of likely N-dealkylation sites (tertiary alicyclic amines) is 1. The van der Waals surface area contributed by atoms with Crippen molar-refractivity contribution in [2.75, 3.05) is 19.6 Å². The van der Waals surface area contributed by atoms with Crippen molar-refractivity contribution in [3.8, 4) is 17.3 Å². The third-order valence-electron chi connectivity index (χ3n) is 6.44. The Labute approximate surface area is 205 Å². The molecule has 9 heteroatoms. The van der Waals surface area contributed by atoms with E-state index in [-0.39, 0.29) is 24.4 Å². The Bertz CT molecular complexity index is 1290. The fourth-order valence-electron chi connectivity index (χ4n) is 4.44. The second kappa shape index (κ2) is 9.84. The number of benzene rings is 1. The predicted molar refractivity (Wildman–Crippen MR) is 133 cm³/mol. The number of nitriles is 1. The average molecular weight is 474 g/mol. The van der Waals surface area contributed by atoms with Crippen LogP contribution in [-0.2, 0) is 4.79 Å². The highest BCUT2D eigenvalue weighted by atomic mass is 16.2. The lowest BCUT2D eigenvalue weighted by molar-refractivity contribution is -0.130. The Morgan fingerprint density at radius 1 is 1.23 bits per heavy atom. The minimum atomic E-state index is -0.529. The maximum absolute atomic E-state index is 13.2. The Kier molecular flexibility index (Phi) is 6.85. The minimum absolute atomic E-state index is 0.0947. The zero-order chi connectivity index (χ0) is 25.2. The van der Waals surface area contributed by atoms with Crippen molar-refractivity contribution in [2.24, 2.45) is 0 Å². The highest BCUT2D eigenvalue weighted by Crippen LogP contribution is 2.22. The molecule has 35 heavy (non-hydrogen) atoms. The molecule has 0 saturated carbocycles. The fraction of sp³-hybridized carbons (Fsp3) is 0.423. The van der Waals surface area contributed by atoms with Crippen molar-refractivity contribution in [1.29, 1.82) is 5.26 Å². The molecule has 0 aliphatic carbocycles. The van der Waals surface area contributed by atoms with Crippen molar-refractivity contribution < 1.29 is 9.59 Å². The minimum Gasteiger partial charge on any atom is -0.350 e. The van der Waals surface area contributed by atoms with Gasteiger partial charge in [0.25, 0.3) is 5.91 Å². The largest absolute Gasteiger partial charge is 0.350 e. The maximum atomic E-state index is 13.2. The summed E-state index contributed by atoms with van der Waals surface area (Å²) in [5.41, 5.74) is 3.77. The molecule has 9 nitrogen and oxygen atoms in total. The monoisotopic (exact) mass is 473 g/mol. The molecule has 3 heterocycles. The molecule has 1 aliphatic rings. The second-order valence-corrected chi connectivity index (χ2v) is 9.62. The highest BCUT2D eigenvalue weighted by molar-refractivity contribution is 5.96. The Morgan fingerprint density at radius 2 is 1.97 bits per heavy atom. The summed E-state index contributed by atoms with van der Waals surface area (Å²) in [6.07, 6.45) is 1.57. The molecular weight excluding hydrogens is 442 g/mol. The summed E-state index contributed by atoms with van der Waals surface area (Å²) in [5.74, 6) is -0.334. The summed E-state index contributed by atoms with van der Waals surface area (Å²) in [7, 11) is 0. The van der Waals surface area contributed by atoms with Crippen LogP contribution in [0.2, 0.25) is 0 Å². The third-order valence-corrected chi connectivity index (χ3v) is 6.44. The lowest BCUT2D eigenvalue weighted by Gasteiger charge is -2.28. The molecular formula is C26H31N7O2. The van der Waals surface area contributed by atoms with Gasteiger partial charge in [0.05, 0.1) is 35.3 Å². The van der Waals surface area contributed by atoms with Crippen LogP contribution >= 0.6 is 0 Å². The Balaban J connectivity index is 1.43. The number of hydrogen-bond donors (Lipinski definition) is 2. The van der Waals surface area contributed by atoms with Crippen LogP contribution < -0.4 is 10.6 Å². The van der Waals surface area contributed by atoms with E-state index in [9.17, 15) is 14.9 Å². The van der Waals surface area contributed by atoms with Gasteiger partial charge in [-0.1, -0.05) is 30.3 Å². The number of nitrogens with zero attached hydrogens (tertiary/aromatic N) is 5. The molecule has 2 N–H and O–H groups in total. The van der Waals surface area contributed by atoms with E-state index in [0.717, 1.165) is 24.1 Å². The van der Waals surface area contributed by atoms with E-state index in [1.54, 1.807) is 9.42 Å². The molecule has 182 valence electrons. The Hall–Kier alpha value is -3.77. The number of carbonyl (C=O) groups excluding carboxylic acids is 2. The normalized spacial score (nSPS) is 15.9. The van der Waals surface area contributed by atoms with Crippen LogP contribution in [0.15, 0.2) is 36.4 Å². The first-order chi connectivity index (χ1) is 16.7. The molecule has 0 unspecified atom stereocenters. The van der Waals surface area contributed by atoms with Crippen molar-refractivity contribution in [3.05, 3.63) is 53.3 Å². The zero-order valence-corrected chi connectivity index (χ0v) is 20.6. The van der Waals surface area contributed by atoms with Gasteiger partial charge in [-0.25, -0.2) is 9.50 Å². The van der Waals surface area contributed by atoms with E-state index in [0.29, 0.717) is 35.7 Å². The average Bonchev–Trinajstić information content (AvgIpc) is 3.49. The molecule has 1 saturated heterocycles. The molecule has 0 bridgehead atoms. The number of carbonyl (C=O) groups is 2. The van der Waals surface area contributed by atoms with Crippen molar-refractivity contribution >= 4 is 17.5 Å². The summed E-state index contributed by atoms with van der Waals surface area (Å²) in [6.45, 7) is 8.57. The molecule has 3 aromatic rings. The van der Waals surface area contributed by atoms with Crippen LogP contribution in [-0.4, -0.2) is 62.5 Å². The quantitative estimate of drug-likeness (QED) is 0.545. The second-order valence-electron chi connectivity index (χ2n) is 9.62. The fourth-order valence-corrected chi connectivity index (χ4v) is 4.44. The van der Waals surface area contributed by atoms with Crippen molar-refractivity contribution in [2.45, 2.75) is 52.1 Å². The van der Waals surface area contributed by atoms with Gasteiger partial charge in [0.15, 0.2) is 5.65 Å². The number of nitrogens with one attached hydrogen (secondary N) is 2. The molecule has 1 aliphatic heterocycles. The number of amides is 2. The van der Waals surface area contributed by atoms with E-state index in [2.05, 4.69) is 26.8 Å². The number of rotatable bonds is 7. The van der Waals surface area contributed by atoms with Crippen LogP contribution in [0, 0.1) is 25.2 Å². The van der Waals surface area contributed by atoms with Gasteiger partial charge in [-0.15, -0.1) is 0 Å². The van der Waals surface area contributed by atoms with E-state index in [4.69, 9.17) is 0 Å². The van der Waals surface area contributed by atoms with Crippen LogP contribution in [0.3, 0.4) is 0 Å². The lowest BCUT2D eigenvalue weighted by Crippen LogP contribution is -2.53. The van der Waals surface area contributed by atoms with E-state index >= 15 is 0 Å². The van der Waals surface area contributed by atoms with Gasteiger partial charge in [-0.05, 0) is 40.5 Å². The predicted octanol–water partition coefficient (Wildman–Crippen LogP) is 2.63. The molecule has 2 aromatic heterocycles. The number of aryl methyl sites for hydroxylation is 2. The molecule has 4 rings (SSSR count). The van der Waals surface area contributed by atoms with Crippen molar-refractivity contribution in [3.63, 3.8) is 0 Å². The molecule has 0 spiro atoms. The van der Waals surface area contributed by atoms with Gasteiger partial charge in [-0.3, -0.25) is 9.59 Å². The van der Waals surface area contributed by atoms with Crippen LogP contribution in [0.25, 0.3) is 16.9 Å².